The molecule has 2 N–H and O–H groups in total. The molecule has 4 heteroatoms. The molecule has 60 valence electrons. The van der Waals surface area contributed by atoms with Gasteiger partial charge in [-0.1, -0.05) is 37.6 Å². The minimum atomic E-state index is -0.147. The highest BCUT2D eigenvalue weighted by Gasteiger charge is 2.02. The first kappa shape index (κ1) is 8.87. The van der Waals surface area contributed by atoms with Crippen LogP contribution in [0.4, 0.5) is 5.69 Å². The van der Waals surface area contributed by atoms with Crippen LogP contribution in [0.3, 0.4) is 0 Å². The molecule has 0 unspecified atom stereocenters. The predicted molar refractivity (Wildman–Crippen MR) is 50.4 cm³/mol. The Labute approximate surface area is 81.7 Å². The van der Waals surface area contributed by atoms with Crippen LogP contribution in [0.25, 0.3) is 0 Å². The Kier molecular flexibility index (Phi) is 2.44. The molecule has 0 aromatic heterocycles. The van der Waals surface area contributed by atoms with Crippen molar-refractivity contribution in [2.24, 2.45) is 0 Å². The van der Waals surface area contributed by atoms with Crippen LogP contribution in [0.2, 0.25) is 0 Å². The lowest BCUT2D eigenvalue weighted by Gasteiger charge is -2.15. The van der Waals surface area contributed by atoms with E-state index in [-0.39, 0.29) is 5.75 Å². The van der Waals surface area contributed by atoms with Crippen LogP contribution in [0.5, 0.6) is 5.75 Å². The zero-order valence-corrected chi connectivity index (χ0v) is 8.99. The first-order chi connectivity index (χ1) is 5.04. The molecule has 0 saturated heterocycles. The second-order valence-corrected chi connectivity index (χ2v) is 3.92. The van der Waals surface area contributed by atoms with Crippen LogP contribution in [0.1, 0.15) is 5.56 Å². The van der Waals surface area contributed by atoms with E-state index in [9.17, 15) is 5.11 Å². The number of nitrogen functional groups attached to an aromatic ring is 1. The molecule has 11 heavy (non-hydrogen) atoms. The quantitative estimate of drug-likeness (QED) is 0.740. The van der Waals surface area contributed by atoms with Crippen LogP contribution in [0.15, 0.2) is 15.0 Å². The minimum Gasteiger partial charge on any atom is -0.870 e. The summed E-state index contributed by atoms with van der Waals surface area (Å²) < 4.78 is 1.34. The average Bonchev–Trinajstić information content (AvgIpc) is 1.97. The van der Waals surface area contributed by atoms with Gasteiger partial charge < -0.3 is 10.8 Å². The Morgan fingerprint density at radius 3 is 2.45 bits per heavy atom. The van der Waals surface area contributed by atoms with Crippen LogP contribution >= 0.6 is 31.9 Å². The Morgan fingerprint density at radius 2 is 1.91 bits per heavy atom. The highest BCUT2D eigenvalue weighted by molar-refractivity contribution is 9.11. The molecular formula is C7H6Br2NO-. The van der Waals surface area contributed by atoms with E-state index in [1.807, 2.05) is 0 Å². The van der Waals surface area contributed by atoms with Crippen molar-refractivity contribution in [2.45, 2.75) is 6.92 Å². The van der Waals surface area contributed by atoms with Gasteiger partial charge in [-0.25, -0.2) is 0 Å². The van der Waals surface area contributed by atoms with E-state index in [4.69, 9.17) is 5.73 Å². The fourth-order valence-corrected chi connectivity index (χ4v) is 1.90. The maximum atomic E-state index is 11.1. The van der Waals surface area contributed by atoms with Crippen LogP contribution in [-0.2, 0) is 0 Å². The molecule has 0 saturated carbocycles. The zero-order chi connectivity index (χ0) is 8.59. The van der Waals surface area contributed by atoms with Crippen LogP contribution < -0.4 is 10.8 Å². The van der Waals surface area contributed by atoms with Gasteiger partial charge in [0.2, 0.25) is 0 Å². The summed E-state index contributed by atoms with van der Waals surface area (Å²) in [6.45, 7) is 1.80. The fourth-order valence-electron chi connectivity index (χ4n) is 0.713. The number of halogens is 2. The summed E-state index contributed by atoms with van der Waals surface area (Å²) in [5.41, 5.74) is 6.60. The van der Waals surface area contributed by atoms with Gasteiger partial charge in [0.05, 0.1) is 0 Å². The number of hydrogen-bond acceptors (Lipinski definition) is 2. The number of benzene rings is 1. The highest BCUT2D eigenvalue weighted by atomic mass is 79.9. The second-order valence-electron chi connectivity index (χ2n) is 2.21. The molecule has 0 amide bonds. The van der Waals surface area contributed by atoms with E-state index in [0.717, 1.165) is 10.0 Å². The van der Waals surface area contributed by atoms with Gasteiger partial charge in [0, 0.05) is 14.6 Å². The maximum Gasteiger partial charge on any atom is 0.0286 e. The second kappa shape index (κ2) is 3.03. The molecule has 0 aliphatic carbocycles. The summed E-state index contributed by atoms with van der Waals surface area (Å²) in [5.74, 6) is -0.147. The third-order valence-electron chi connectivity index (χ3n) is 1.48. The topological polar surface area (TPSA) is 49.1 Å². The summed E-state index contributed by atoms with van der Waals surface area (Å²) in [7, 11) is 0. The normalized spacial score (nSPS) is 10.1. The highest BCUT2D eigenvalue weighted by Crippen LogP contribution is 2.34. The van der Waals surface area contributed by atoms with E-state index in [1.165, 1.54) is 0 Å². The van der Waals surface area contributed by atoms with Crippen molar-refractivity contribution in [3.63, 3.8) is 0 Å². The number of hydrogen-bond donors (Lipinski definition) is 1. The molecule has 0 heterocycles. The Bertz CT molecular complexity index is 273. The van der Waals surface area contributed by atoms with Crippen molar-refractivity contribution in [1.82, 2.24) is 0 Å². The molecular weight excluding hydrogens is 274 g/mol. The van der Waals surface area contributed by atoms with Crippen LogP contribution in [0, 0.1) is 6.92 Å². The third-order valence-corrected chi connectivity index (χ3v) is 2.89. The molecule has 0 bridgehead atoms. The first-order valence-electron chi connectivity index (χ1n) is 2.95. The van der Waals surface area contributed by atoms with Crippen molar-refractivity contribution in [3.8, 4) is 5.75 Å². The summed E-state index contributed by atoms with van der Waals surface area (Å²) in [6, 6.07) is 1.70. The molecule has 0 radical (unpaired) electrons. The Hall–Kier alpha value is -0.220. The van der Waals surface area contributed by atoms with Gasteiger partial charge in [0.1, 0.15) is 0 Å². The molecule has 1 rings (SSSR count). The first-order valence-corrected chi connectivity index (χ1v) is 4.53. The van der Waals surface area contributed by atoms with Crippen molar-refractivity contribution in [2.75, 3.05) is 5.73 Å². The van der Waals surface area contributed by atoms with Crippen molar-refractivity contribution < 1.29 is 5.11 Å². The van der Waals surface area contributed by atoms with Gasteiger partial charge in [-0.15, -0.1) is 0 Å². The Morgan fingerprint density at radius 1 is 1.36 bits per heavy atom. The number of rotatable bonds is 0. The van der Waals surface area contributed by atoms with Crippen molar-refractivity contribution in [3.05, 3.63) is 20.6 Å². The monoisotopic (exact) mass is 278 g/mol. The summed E-state index contributed by atoms with van der Waals surface area (Å²) in [4.78, 5) is 0. The van der Waals surface area contributed by atoms with Gasteiger partial charge in [0.15, 0.2) is 0 Å². The average molecular weight is 280 g/mol. The van der Waals surface area contributed by atoms with Crippen molar-refractivity contribution >= 4 is 37.5 Å². The molecule has 1 aromatic rings. The minimum absolute atomic E-state index is 0.147. The maximum absolute atomic E-state index is 11.1. The lowest BCUT2D eigenvalue weighted by molar-refractivity contribution is -0.268. The van der Waals surface area contributed by atoms with Gasteiger partial charge in [0.25, 0.3) is 0 Å². The molecule has 0 aliphatic rings. The van der Waals surface area contributed by atoms with E-state index in [1.54, 1.807) is 13.0 Å². The Balaban J connectivity index is 3.46. The SMILES string of the molecule is Cc1c(Br)cc(Br)c([O-])c1N. The van der Waals surface area contributed by atoms with Gasteiger partial charge in [-0.3, -0.25) is 0 Å². The lowest BCUT2D eigenvalue weighted by atomic mass is 10.2. The third kappa shape index (κ3) is 1.51. The van der Waals surface area contributed by atoms with Gasteiger partial charge in [-0.2, -0.15) is 0 Å². The van der Waals surface area contributed by atoms with Gasteiger partial charge >= 0.3 is 0 Å². The van der Waals surface area contributed by atoms with E-state index < -0.39 is 0 Å². The zero-order valence-electron chi connectivity index (χ0n) is 5.82. The van der Waals surface area contributed by atoms with E-state index in [0.29, 0.717) is 10.2 Å². The molecule has 0 aliphatic heterocycles. The van der Waals surface area contributed by atoms with Crippen molar-refractivity contribution in [1.29, 1.82) is 0 Å². The summed E-state index contributed by atoms with van der Waals surface area (Å²) in [5, 5.41) is 11.1. The number of nitrogens with two attached hydrogens (primary N) is 1. The smallest absolute Gasteiger partial charge is 0.0286 e. The van der Waals surface area contributed by atoms with Gasteiger partial charge in [-0.05, 0) is 18.6 Å². The fraction of sp³-hybridized carbons (Fsp3) is 0.143. The molecule has 0 atom stereocenters. The number of anilines is 1. The summed E-state index contributed by atoms with van der Waals surface area (Å²) in [6.07, 6.45) is 0. The predicted octanol–water partition coefficient (Wildman–Crippen LogP) is 2.18. The largest absolute Gasteiger partial charge is 0.870 e. The molecule has 2 nitrogen and oxygen atoms in total. The van der Waals surface area contributed by atoms with Crippen LogP contribution in [-0.4, -0.2) is 0 Å². The van der Waals surface area contributed by atoms with E-state index >= 15 is 0 Å². The molecule has 0 spiro atoms. The molecule has 0 fully saturated rings. The summed E-state index contributed by atoms with van der Waals surface area (Å²) >= 11 is 6.39. The van der Waals surface area contributed by atoms with E-state index in [2.05, 4.69) is 31.9 Å². The standard InChI is InChI=1S/C7H7Br2NO/c1-3-4(8)2-5(9)7(11)6(3)10/h2,11H,10H2,1H3/p-1. The lowest BCUT2D eigenvalue weighted by Crippen LogP contribution is -2.00. The molecule has 1 aromatic carbocycles.